The second-order valence-corrected chi connectivity index (χ2v) is 6.50. The molecule has 122 valence electrons. The van der Waals surface area contributed by atoms with Crippen LogP contribution in [-0.4, -0.2) is 0 Å². The van der Waals surface area contributed by atoms with Crippen molar-refractivity contribution in [3.05, 3.63) is 87.1 Å². The third-order valence-electron chi connectivity index (χ3n) is 3.41. The molecule has 0 aliphatic carbocycles. The number of hydrogen-bond donors (Lipinski definition) is 0. The molecule has 0 fully saturated rings. The summed E-state index contributed by atoms with van der Waals surface area (Å²) >= 11 is 18.0. The maximum atomic E-state index is 13.9. The third-order valence-corrected chi connectivity index (χ3v) is 4.19. The monoisotopic (exact) mass is 380 g/mol. The molecule has 0 aromatic heterocycles. The van der Waals surface area contributed by atoms with E-state index in [4.69, 9.17) is 39.5 Å². The van der Waals surface area contributed by atoms with Crippen molar-refractivity contribution in [3.63, 3.8) is 0 Å². The Bertz CT molecular complexity index is 880. The Morgan fingerprint density at radius 1 is 0.833 bits per heavy atom. The lowest BCUT2D eigenvalue weighted by atomic mass is 10.1. The molecule has 0 N–H and O–H groups in total. The largest absolute Gasteiger partial charge is 0.489 e. The fraction of sp³-hybridized carbons (Fsp3) is 0.0526. The maximum absolute atomic E-state index is 13.9. The van der Waals surface area contributed by atoms with E-state index in [1.54, 1.807) is 36.4 Å². The predicted octanol–water partition coefficient (Wildman–Crippen LogP) is 7.03. The molecule has 0 unspecified atom stereocenters. The van der Waals surface area contributed by atoms with E-state index >= 15 is 0 Å². The van der Waals surface area contributed by atoms with E-state index in [0.717, 1.165) is 5.56 Å². The van der Waals surface area contributed by atoms with E-state index in [9.17, 15) is 4.39 Å². The Balaban J connectivity index is 1.86. The number of ether oxygens (including phenoxy) is 1. The van der Waals surface area contributed by atoms with Gasteiger partial charge in [0, 0.05) is 26.7 Å². The average Bonchev–Trinajstić information content (AvgIpc) is 2.52. The average molecular weight is 382 g/mol. The molecule has 0 bridgehead atoms. The highest BCUT2D eigenvalue weighted by Gasteiger charge is 2.09. The quantitative estimate of drug-likeness (QED) is 0.471. The Kier molecular flexibility index (Phi) is 5.30. The van der Waals surface area contributed by atoms with Crippen LogP contribution in [0.5, 0.6) is 5.75 Å². The number of halogens is 4. The third kappa shape index (κ3) is 4.21. The molecule has 0 saturated heterocycles. The Labute approximate surface area is 154 Å². The summed E-state index contributed by atoms with van der Waals surface area (Å²) in [5.41, 5.74) is 2.21. The van der Waals surface area contributed by atoms with Gasteiger partial charge in [0.2, 0.25) is 0 Å². The normalized spacial score (nSPS) is 10.7. The van der Waals surface area contributed by atoms with E-state index < -0.39 is 5.82 Å². The summed E-state index contributed by atoms with van der Waals surface area (Å²) in [6.07, 6.45) is 0. The molecule has 3 aromatic carbocycles. The zero-order valence-electron chi connectivity index (χ0n) is 12.4. The van der Waals surface area contributed by atoms with Crippen molar-refractivity contribution in [1.82, 2.24) is 0 Å². The van der Waals surface area contributed by atoms with E-state index in [0.29, 0.717) is 31.9 Å². The molecule has 1 nitrogen and oxygen atoms in total. The number of benzene rings is 3. The Hall–Kier alpha value is -1.74. The van der Waals surface area contributed by atoms with Crippen LogP contribution < -0.4 is 4.74 Å². The van der Waals surface area contributed by atoms with E-state index in [2.05, 4.69) is 0 Å². The molecule has 5 heteroatoms. The predicted molar refractivity (Wildman–Crippen MR) is 97.6 cm³/mol. The van der Waals surface area contributed by atoms with Crippen LogP contribution in [0, 0.1) is 5.82 Å². The van der Waals surface area contributed by atoms with Gasteiger partial charge < -0.3 is 4.74 Å². The summed E-state index contributed by atoms with van der Waals surface area (Å²) in [5, 5.41) is 1.61. The smallest absolute Gasteiger partial charge is 0.127 e. The van der Waals surface area contributed by atoms with Crippen molar-refractivity contribution in [2.45, 2.75) is 6.61 Å². The van der Waals surface area contributed by atoms with Crippen molar-refractivity contribution < 1.29 is 9.13 Å². The highest BCUT2D eigenvalue weighted by atomic mass is 35.5. The molecule has 0 saturated carbocycles. The van der Waals surface area contributed by atoms with Gasteiger partial charge in [-0.3, -0.25) is 0 Å². The van der Waals surface area contributed by atoms with E-state index in [-0.39, 0.29) is 6.61 Å². The summed E-state index contributed by atoms with van der Waals surface area (Å²) in [7, 11) is 0. The summed E-state index contributed by atoms with van der Waals surface area (Å²) in [4.78, 5) is 0. The molecular formula is C19H12Cl3FO. The van der Waals surface area contributed by atoms with Gasteiger partial charge in [-0.15, -0.1) is 0 Å². The minimum absolute atomic E-state index is 0.289. The van der Waals surface area contributed by atoms with Gasteiger partial charge in [-0.1, -0.05) is 53.0 Å². The molecule has 0 atom stereocenters. The topological polar surface area (TPSA) is 9.23 Å². The molecule has 3 aromatic rings. The minimum Gasteiger partial charge on any atom is -0.489 e. The maximum Gasteiger partial charge on any atom is 0.127 e. The van der Waals surface area contributed by atoms with Crippen LogP contribution in [0.25, 0.3) is 11.1 Å². The first kappa shape index (κ1) is 17.1. The molecule has 0 aliphatic heterocycles. The van der Waals surface area contributed by atoms with Gasteiger partial charge in [-0.2, -0.15) is 0 Å². The minimum atomic E-state index is -0.403. The lowest BCUT2D eigenvalue weighted by Gasteiger charge is -2.10. The first-order chi connectivity index (χ1) is 11.5. The fourth-order valence-corrected chi connectivity index (χ4v) is 3.05. The second kappa shape index (κ2) is 7.43. The standard InChI is InChI=1S/C19H12Cl3FO/c20-14-3-1-2-12(6-14)11-24-17-8-13(7-16(23)10-17)18-5-4-15(21)9-19(18)22/h1-10H,11H2. The molecular weight excluding hydrogens is 370 g/mol. The van der Waals surface area contributed by atoms with Crippen LogP contribution >= 0.6 is 34.8 Å². The van der Waals surface area contributed by atoms with Crippen molar-refractivity contribution in [1.29, 1.82) is 0 Å². The van der Waals surface area contributed by atoms with Crippen LogP contribution in [0.1, 0.15) is 5.56 Å². The SMILES string of the molecule is Fc1cc(OCc2cccc(Cl)c2)cc(-c2ccc(Cl)cc2Cl)c1. The van der Waals surface area contributed by atoms with Gasteiger partial charge >= 0.3 is 0 Å². The molecule has 0 heterocycles. The summed E-state index contributed by atoms with van der Waals surface area (Å²) in [5.74, 6) is 0.00982. The van der Waals surface area contributed by atoms with E-state index in [1.807, 2.05) is 12.1 Å². The summed E-state index contributed by atoms with van der Waals surface area (Å²) < 4.78 is 19.6. The second-order valence-electron chi connectivity index (χ2n) is 5.22. The van der Waals surface area contributed by atoms with Crippen LogP contribution in [0.2, 0.25) is 15.1 Å². The molecule has 3 rings (SSSR count). The fourth-order valence-electron chi connectivity index (χ4n) is 2.32. The van der Waals surface area contributed by atoms with Gasteiger partial charge in [0.1, 0.15) is 18.2 Å². The highest BCUT2D eigenvalue weighted by Crippen LogP contribution is 2.33. The van der Waals surface area contributed by atoms with Crippen molar-refractivity contribution in [2.75, 3.05) is 0 Å². The van der Waals surface area contributed by atoms with Crippen LogP contribution in [0.4, 0.5) is 4.39 Å². The molecule has 0 spiro atoms. The van der Waals surface area contributed by atoms with E-state index in [1.165, 1.54) is 12.1 Å². The van der Waals surface area contributed by atoms with Gasteiger partial charge in [-0.25, -0.2) is 4.39 Å². The lowest BCUT2D eigenvalue weighted by molar-refractivity contribution is 0.305. The Morgan fingerprint density at radius 3 is 2.38 bits per heavy atom. The van der Waals surface area contributed by atoms with Crippen LogP contribution in [0.3, 0.4) is 0 Å². The first-order valence-corrected chi connectivity index (χ1v) is 8.28. The molecule has 0 radical (unpaired) electrons. The molecule has 0 amide bonds. The highest BCUT2D eigenvalue weighted by molar-refractivity contribution is 6.36. The summed E-state index contributed by atoms with van der Waals surface area (Å²) in [6, 6.07) is 16.9. The van der Waals surface area contributed by atoms with Crippen molar-refractivity contribution in [3.8, 4) is 16.9 Å². The van der Waals surface area contributed by atoms with Crippen molar-refractivity contribution in [2.24, 2.45) is 0 Å². The molecule has 24 heavy (non-hydrogen) atoms. The zero-order valence-corrected chi connectivity index (χ0v) is 14.7. The van der Waals surface area contributed by atoms with Gasteiger partial charge in [0.25, 0.3) is 0 Å². The van der Waals surface area contributed by atoms with Crippen LogP contribution in [-0.2, 0) is 6.61 Å². The summed E-state index contributed by atoms with van der Waals surface area (Å²) in [6.45, 7) is 0.289. The van der Waals surface area contributed by atoms with Gasteiger partial charge in [0.15, 0.2) is 0 Å². The number of hydrogen-bond acceptors (Lipinski definition) is 1. The number of rotatable bonds is 4. The molecule has 0 aliphatic rings. The Morgan fingerprint density at radius 2 is 1.62 bits per heavy atom. The zero-order chi connectivity index (χ0) is 17.1. The van der Waals surface area contributed by atoms with Crippen LogP contribution in [0.15, 0.2) is 60.7 Å². The first-order valence-electron chi connectivity index (χ1n) is 7.14. The van der Waals surface area contributed by atoms with Crippen molar-refractivity contribution >= 4 is 34.8 Å². The van der Waals surface area contributed by atoms with Gasteiger partial charge in [-0.05, 0) is 47.5 Å². The van der Waals surface area contributed by atoms with Gasteiger partial charge in [0.05, 0.1) is 0 Å². The lowest BCUT2D eigenvalue weighted by Crippen LogP contribution is -1.96.